The lowest BCUT2D eigenvalue weighted by molar-refractivity contribution is -0.128. The number of carbonyl (C=O) groups is 3. The topological polar surface area (TPSA) is 137 Å². The number of rotatable bonds is 6. The van der Waals surface area contributed by atoms with Crippen molar-refractivity contribution >= 4 is 28.7 Å². The average molecular weight is 400 g/mol. The molecule has 1 aromatic heterocycles. The summed E-state index contributed by atoms with van der Waals surface area (Å²) in [6.07, 6.45) is -1.35. The Morgan fingerprint density at radius 3 is 2.55 bits per heavy atom. The van der Waals surface area contributed by atoms with Crippen molar-refractivity contribution in [1.82, 2.24) is 15.1 Å². The van der Waals surface area contributed by atoms with E-state index in [0.717, 1.165) is 4.68 Å². The molecule has 0 aliphatic rings. The van der Waals surface area contributed by atoms with Gasteiger partial charge in [0.15, 0.2) is 0 Å². The summed E-state index contributed by atoms with van der Waals surface area (Å²) < 4.78 is 20.1. The number of ether oxygens (including phenoxy) is 1. The fourth-order valence-electron chi connectivity index (χ4n) is 2.99. The maximum Gasteiger partial charge on any atom is 0.339 e. The Hall–Kier alpha value is -3.95. The SMILES string of the molecule is COc1cc2c(cc1C(=O)O)c(-c1cccc(F)c1)nn2C(NC(C)=O)C(N)=O. The minimum atomic E-state index is -1.35. The third-order valence-electron chi connectivity index (χ3n) is 4.21. The number of carbonyl (C=O) groups excluding carboxylic acids is 2. The second kappa shape index (κ2) is 7.58. The maximum atomic E-state index is 13.8. The lowest BCUT2D eigenvalue weighted by atomic mass is 10.0. The lowest BCUT2D eigenvalue weighted by Crippen LogP contribution is -2.40. The Morgan fingerprint density at radius 1 is 1.28 bits per heavy atom. The monoisotopic (exact) mass is 400 g/mol. The van der Waals surface area contributed by atoms with Crippen molar-refractivity contribution < 1.29 is 28.6 Å². The highest BCUT2D eigenvalue weighted by Crippen LogP contribution is 2.34. The molecule has 0 aliphatic carbocycles. The molecule has 0 saturated heterocycles. The van der Waals surface area contributed by atoms with Crippen LogP contribution in [0.2, 0.25) is 0 Å². The molecule has 2 aromatic carbocycles. The molecule has 150 valence electrons. The number of benzene rings is 2. The summed E-state index contributed by atoms with van der Waals surface area (Å²) in [6.45, 7) is 1.21. The number of fused-ring (bicyclic) bond motifs is 1. The summed E-state index contributed by atoms with van der Waals surface area (Å²) in [5.74, 6) is -3.17. The number of hydrogen-bond donors (Lipinski definition) is 3. The van der Waals surface area contributed by atoms with Gasteiger partial charge in [-0.1, -0.05) is 12.1 Å². The minimum Gasteiger partial charge on any atom is -0.496 e. The lowest BCUT2D eigenvalue weighted by Gasteiger charge is -2.16. The van der Waals surface area contributed by atoms with Crippen LogP contribution in [0.5, 0.6) is 5.75 Å². The van der Waals surface area contributed by atoms with Crippen molar-refractivity contribution in [3.63, 3.8) is 0 Å². The Bertz CT molecular complexity index is 1140. The molecule has 10 heteroatoms. The molecule has 2 amide bonds. The van der Waals surface area contributed by atoms with Crippen LogP contribution in [-0.2, 0) is 9.59 Å². The van der Waals surface area contributed by atoms with Crippen LogP contribution in [0.3, 0.4) is 0 Å². The highest BCUT2D eigenvalue weighted by Gasteiger charge is 2.26. The first kappa shape index (κ1) is 19.8. The van der Waals surface area contributed by atoms with E-state index in [4.69, 9.17) is 10.5 Å². The fraction of sp³-hybridized carbons (Fsp3) is 0.158. The Morgan fingerprint density at radius 2 is 2.00 bits per heavy atom. The smallest absolute Gasteiger partial charge is 0.339 e. The number of nitrogens with zero attached hydrogens (tertiary/aromatic N) is 2. The van der Waals surface area contributed by atoms with Gasteiger partial charge in [0.2, 0.25) is 12.1 Å². The van der Waals surface area contributed by atoms with Crippen molar-refractivity contribution in [2.24, 2.45) is 5.73 Å². The molecule has 0 saturated carbocycles. The first-order valence-corrected chi connectivity index (χ1v) is 8.38. The predicted octanol–water partition coefficient (Wildman–Crippen LogP) is 1.67. The molecule has 1 heterocycles. The first-order valence-electron chi connectivity index (χ1n) is 8.38. The molecule has 1 atom stereocenters. The van der Waals surface area contributed by atoms with E-state index >= 15 is 0 Å². The van der Waals surface area contributed by atoms with E-state index in [0.29, 0.717) is 10.9 Å². The van der Waals surface area contributed by atoms with Gasteiger partial charge in [0, 0.05) is 23.9 Å². The predicted molar refractivity (Wildman–Crippen MR) is 101 cm³/mol. The van der Waals surface area contributed by atoms with Crippen LogP contribution >= 0.6 is 0 Å². The highest BCUT2D eigenvalue weighted by molar-refractivity contribution is 6.02. The second-order valence-corrected chi connectivity index (χ2v) is 6.18. The van der Waals surface area contributed by atoms with E-state index in [-0.39, 0.29) is 22.5 Å². The average Bonchev–Trinajstić information content (AvgIpc) is 3.02. The van der Waals surface area contributed by atoms with E-state index in [1.165, 1.54) is 44.4 Å². The second-order valence-electron chi connectivity index (χ2n) is 6.18. The van der Waals surface area contributed by atoms with Gasteiger partial charge >= 0.3 is 5.97 Å². The van der Waals surface area contributed by atoms with E-state index < -0.39 is 29.8 Å². The van der Waals surface area contributed by atoms with E-state index in [1.807, 2.05) is 0 Å². The number of aromatic nitrogens is 2. The van der Waals surface area contributed by atoms with Gasteiger partial charge in [0.05, 0.1) is 12.6 Å². The summed E-state index contributed by atoms with van der Waals surface area (Å²) in [5, 5.41) is 16.5. The number of halogens is 1. The van der Waals surface area contributed by atoms with Crippen LogP contribution in [0.25, 0.3) is 22.2 Å². The van der Waals surface area contributed by atoms with Gasteiger partial charge in [-0.25, -0.2) is 13.9 Å². The number of amides is 2. The number of carboxylic acid groups (broad SMARTS) is 1. The molecule has 4 N–H and O–H groups in total. The van der Waals surface area contributed by atoms with Gasteiger partial charge < -0.3 is 20.9 Å². The van der Waals surface area contributed by atoms with Crippen LogP contribution in [0.4, 0.5) is 4.39 Å². The van der Waals surface area contributed by atoms with E-state index in [1.54, 1.807) is 6.07 Å². The van der Waals surface area contributed by atoms with Gasteiger partial charge in [-0.2, -0.15) is 5.10 Å². The number of carboxylic acids is 1. The van der Waals surface area contributed by atoms with Crippen molar-refractivity contribution in [1.29, 1.82) is 0 Å². The van der Waals surface area contributed by atoms with Crippen LogP contribution in [-0.4, -0.2) is 39.8 Å². The van der Waals surface area contributed by atoms with Crippen molar-refractivity contribution in [3.8, 4) is 17.0 Å². The summed E-state index contributed by atoms with van der Waals surface area (Å²) in [4.78, 5) is 35.1. The van der Waals surface area contributed by atoms with Crippen LogP contribution in [0.1, 0.15) is 23.4 Å². The number of methoxy groups -OCH3 is 1. The molecule has 0 spiro atoms. The zero-order chi connectivity index (χ0) is 21.3. The molecule has 0 radical (unpaired) electrons. The third-order valence-corrected chi connectivity index (χ3v) is 4.21. The fourth-order valence-corrected chi connectivity index (χ4v) is 2.99. The van der Waals surface area contributed by atoms with Crippen LogP contribution in [0, 0.1) is 5.82 Å². The molecule has 0 bridgehead atoms. The van der Waals surface area contributed by atoms with E-state index in [2.05, 4.69) is 10.4 Å². The number of nitrogens with two attached hydrogens (primary N) is 1. The Kier molecular flexibility index (Phi) is 5.18. The van der Waals surface area contributed by atoms with E-state index in [9.17, 15) is 23.9 Å². The van der Waals surface area contributed by atoms with Crippen molar-refractivity contribution in [2.45, 2.75) is 13.1 Å². The maximum absolute atomic E-state index is 13.8. The molecule has 9 nitrogen and oxygen atoms in total. The van der Waals surface area contributed by atoms with Gasteiger partial charge in [-0.05, 0) is 18.2 Å². The molecular formula is C19H17FN4O5. The molecule has 3 rings (SSSR count). The molecule has 29 heavy (non-hydrogen) atoms. The largest absolute Gasteiger partial charge is 0.496 e. The Labute approximate surface area is 163 Å². The van der Waals surface area contributed by atoms with Crippen molar-refractivity contribution in [3.05, 3.63) is 47.8 Å². The number of primary amides is 1. The zero-order valence-corrected chi connectivity index (χ0v) is 15.5. The van der Waals surface area contributed by atoms with Crippen LogP contribution < -0.4 is 15.8 Å². The number of nitrogens with one attached hydrogen (secondary N) is 1. The van der Waals surface area contributed by atoms with Crippen LogP contribution in [0.15, 0.2) is 36.4 Å². The number of aromatic carboxylic acids is 1. The zero-order valence-electron chi connectivity index (χ0n) is 15.5. The molecule has 0 aliphatic heterocycles. The summed E-state index contributed by atoms with van der Waals surface area (Å²) in [6, 6.07) is 8.19. The summed E-state index contributed by atoms with van der Waals surface area (Å²) in [5.41, 5.74) is 6.11. The number of hydrogen-bond acceptors (Lipinski definition) is 5. The normalized spacial score (nSPS) is 11.8. The highest BCUT2D eigenvalue weighted by atomic mass is 19.1. The van der Waals surface area contributed by atoms with Gasteiger partial charge in [-0.3, -0.25) is 9.59 Å². The van der Waals surface area contributed by atoms with Gasteiger partial charge in [0.1, 0.15) is 22.8 Å². The molecule has 3 aromatic rings. The molecular weight excluding hydrogens is 383 g/mol. The first-order chi connectivity index (χ1) is 13.7. The standard InChI is InChI=1S/C19H17FN4O5/c1-9(25)22-18(17(21)26)24-14-8-15(29-2)13(19(27)28)7-12(14)16(23-24)10-4-3-5-11(20)6-10/h3-8,18H,1-2H3,(H2,21,26)(H,22,25)(H,27,28). The third kappa shape index (κ3) is 3.72. The Balaban J connectivity index is 2.38. The van der Waals surface area contributed by atoms with Gasteiger partial charge in [0.25, 0.3) is 5.91 Å². The summed E-state index contributed by atoms with van der Waals surface area (Å²) >= 11 is 0. The quantitative estimate of drug-likeness (QED) is 0.576. The van der Waals surface area contributed by atoms with Gasteiger partial charge in [-0.15, -0.1) is 0 Å². The molecule has 0 fully saturated rings. The molecule has 1 unspecified atom stereocenters. The minimum absolute atomic E-state index is 0.0167. The summed E-state index contributed by atoms with van der Waals surface area (Å²) in [7, 11) is 1.29. The van der Waals surface area contributed by atoms with Crippen molar-refractivity contribution in [2.75, 3.05) is 7.11 Å².